The van der Waals surface area contributed by atoms with Gasteiger partial charge in [0, 0.05) is 6.26 Å². The molecule has 3 unspecified atom stereocenters. The number of hydrogen-bond donors (Lipinski definition) is 1. The highest BCUT2D eigenvalue weighted by Gasteiger charge is 2.33. The van der Waals surface area contributed by atoms with Crippen molar-refractivity contribution in [3.8, 4) is 0 Å². The van der Waals surface area contributed by atoms with Crippen LogP contribution in [0, 0.1) is 5.92 Å². The Morgan fingerprint density at radius 2 is 2.24 bits per heavy atom. The molecule has 0 radical (unpaired) electrons. The van der Waals surface area contributed by atoms with E-state index in [0.29, 0.717) is 6.42 Å². The van der Waals surface area contributed by atoms with Crippen LogP contribution in [0.2, 0.25) is 0 Å². The maximum atomic E-state index is 11.6. The highest BCUT2D eigenvalue weighted by molar-refractivity contribution is 7.91. The molecule has 2 N–H and O–H groups in total. The van der Waals surface area contributed by atoms with E-state index in [1.54, 1.807) is 6.26 Å². The largest absolute Gasteiger partial charge is 0.468 e. The molecule has 1 aromatic heterocycles. The van der Waals surface area contributed by atoms with E-state index in [-0.39, 0.29) is 17.2 Å². The summed E-state index contributed by atoms with van der Waals surface area (Å²) in [5, 5.41) is -0.234. The van der Waals surface area contributed by atoms with E-state index in [4.69, 9.17) is 10.2 Å². The Bertz CT molecular complexity index is 452. The maximum Gasteiger partial charge on any atom is 0.150 e. The van der Waals surface area contributed by atoms with Crippen molar-refractivity contribution < 1.29 is 12.8 Å². The fourth-order valence-electron chi connectivity index (χ4n) is 2.61. The van der Waals surface area contributed by atoms with Crippen LogP contribution in [0.15, 0.2) is 22.8 Å². The Balaban J connectivity index is 2.07. The molecule has 1 fully saturated rings. The zero-order valence-electron chi connectivity index (χ0n) is 10.0. The average molecular weight is 257 g/mol. The predicted molar refractivity (Wildman–Crippen MR) is 66.2 cm³/mol. The lowest BCUT2D eigenvalue weighted by Crippen LogP contribution is -2.32. The third kappa shape index (κ3) is 2.90. The van der Waals surface area contributed by atoms with Crippen molar-refractivity contribution >= 4 is 9.84 Å². The monoisotopic (exact) mass is 257 g/mol. The van der Waals surface area contributed by atoms with Gasteiger partial charge in [-0.15, -0.1) is 0 Å². The van der Waals surface area contributed by atoms with Gasteiger partial charge in [0.05, 0.1) is 17.6 Å². The van der Waals surface area contributed by atoms with Crippen molar-refractivity contribution in [2.24, 2.45) is 11.7 Å². The van der Waals surface area contributed by atoms with Crippen LogP contribution in [0.5, 0.6) is 0 Å². The summed E-state index contributed by atoms with van der Waals surface area (Å²) in [6.07, 6.45) is 6.25. The minimum atomic E-state index is -2.95. The summed E-state index contributed by atoms with van der Waals surface area (Å²) >= 11 is 0. The topological polar surface area (TPSA) is 73.3 Å². The van der Waals surface area contributed by atoms with Crippen molar-refractivity contribution in [2.45, 2.75) is 37.0 Å². The molecule has 2 rings (SSSR count). The molecule has 0 amide bonds. The molecule has 1 aromatic rings. The van der Waals surface area contributed by atoms with Gasteiger partial charge in [-0.3, -0.25) is 0 Å². The molecule has 0 bridgehead atoms. The van der Waals surface area contributed by atoms with Gasteiger partial charge in [0.1, 0.15) is 15.6 Å². The summed E-state index contributed by atoms with van der Waals surface area (Å²) in [6.45, 7) is 0. The molecular weight excluding hydrogens is 238 g/mol. The van der Waals surface area contributed by atoms with Gasteiger partial charge in [0.2, 0.25) is 0 Å². The van der Waals surface area contributed by atoms with E-state index in [1.165, 1.54) is 6.26 Å². The van der Waals surface area contributed by atoms with E-state index in [1.807, 2.05) is 12.1 Å². The third-order valence-corrected chi connectivity index (χ3v) is 5.29. The van der Waals surface area contributed by atoms with Gasteiger partial charge in [-0.2, -0.15) is 0 Å². The summed E-state index contributed by atoms with van der Waals surface area (Å²) in [5.41, 5.74) is 6.13. The summed E-state index contributed by atoms with van der Waals surface area (Å²) < 4.78 is 28.4. The quantitative estimate of drug-likeness (QED) is 0.897. The van der Waals surface area contributed by atoms with Crippen molar-refractivity contribution in [3.05, 3.63) is 24.2 Å². The van der Waals surface area contributed by atoms with E-state index < -0.39 is 9.84 Å². The second-order valence-electron chi connectivity index (χ2n) is 4.92. The molecule has 96 valence electrons. The first-order chi connectivity index (χ1) is 7.98. The lowest BCUT2D eigenvalue weighted by molar-refractivity contribution is 0.281. The molecule has 5 heteroatoms. The second kappa shape index (κ2) is 4.82. The summed E-state index contributed by atoms with van der Waals surface area (Å²) in [7, 11) is -2.95. The molecule has 1 aliphatic carbocycles. The fourth-order valence-corrected chi connectivity index (χ4v) is 3.80. The number of sulfone groups is 1. The third-order valence-electron chi connectivity index (χ3n) is 3.65. The smallest absolute Gasteiger partial charge is 0.150 e. The highest BCUT2D eigenvalue weighted by Crippen LogP contribution is 2.35. The Kier molecular flexibility index (Phi) is 3.58. The minimum Gasteiger partial charge on any atom is -0.468 e. The normalized spacial score (nSPS) is 27.9. The van der Waals surface area contributed by atoms with Gasteiger partial charge in [-0.05, 0) is 37.3 Å². The minimum absolute atomic E-state index is 0.186. The molecule has 0 aliphatic heterocycles. The Labute approximate surface area is 102 Å². The Hall–Kier alpha value is -0.810. The first-order valence-electron chi connectivity index (χ1n) is 5.96. The van der Waals surface area contributed by atoms with Crippen molar-refractivity contribution in [3.63, 3.8) is 0 Å². The molecule has 0 saturated heterocycles. The van der Waals surface area contributed by atoms with Gasteiger partial charge < -0.3 is 10.2 Å². The van der Waals surface area contributed by atoms with Crippen LogP contribution in [-0.2, 0) is 9.84 Å². The second-order valence-corrected chi connectivity index (χ2v) is 7.25. The van der Waals surface area contributed by atoms with E-state index in [2.05, 4.69) is 0 Å². The van der Waals surface area contributed by atoms with E-state index >= 15 is 0 Å². The summed E-state index contributed by atoms with van der Waals surface area (Å²) in [6, 6.07) is 3.48. The molecule has 1 aliphatic rings. The lowest BCUT2D eigenvalue weighted by atomic mass is 9.83. The maximum absolute atomic E-state index is 11.6. The SMILES string of the molecule is CS(=O)(=O)C1CCCC(C(N)c2ccco2)C1. The standard InChI is InChI=1S/C12H19NO3S/c1-17(14,15)10-5-2-4-9(8-10)12(13)11-6-3-7-16-11/h3,6-7,9-10,12H,2,4-5,8,13H2,1H3. The average Bonchev–Trinajstić information content (AvgIpc) is 2.80. The van der Waals surface area contributed by atoms with Crippen LogP contribution < -0.4 is 5.73 Å². The van der Waals surface area contributed by atoms with Crippen molar-refractivity contribution in [2.75, 3.05) is 6.26 Å². The zero-order valence-corrected chi connectivity index (χ0v) is 10.8. The van der Waals surface area contributed by atoms with Crippen LogP contribution in [0.1, 0.15) is 37.5 Å². The van der Waals surface area contributed by atoms with Crippen LogP contribution in [0.25, 0.3) is 0 Å². The molecule has 4 nitrogen and oxygen atoms in total. The summed E-state index contributed by atoms with van der Waals surface area (Å²) in [5.74, 6) is 0.957. The molecule has 17 heavy (non-hydrogen) atoms. The molecule has 0 aromatic carbocycles. The van der Waals surface area contributed by atoms with Crippen LogP contribution in [0.4, 0.5) is 0 Å². The number of nitrogens with two attached hydrogens (primary N) is 1. The predicted octanol–water partition coefficient (Wildman–Crippen LogP) is 1.88. The number of furan rings is 1. The van der Waals surface area contributed by atoms with Crippen LogP contribution in [-0.4, -0.2) is 19.9 Å². The van der Waals surface area contributed by atoms with Crippen molar-refractivity contribution in [1.82, 2.24) is 0 Å². The van der Waals surface area contributed by atoms with Gasteiger partial charge in [0.25, 0.3) is 0 Å². The number of rotatable bonds is 3. The first kappa shape index (κ1) is 12.6. The van der Waals surface area contributed by atoms with E-state index in [9.17, 15) is 8.42 Å². The zero-order chi connectivity index (χ0) is 12.5. The fraction of sp³-hybridized carbons (Fsp3) is 0.667. The van der Waals surface area contributed by atoms with Gasteiger partial charge >= 0.3 is 0 Å². The van der Waals surface area contributed by atoms with Crippen LogP contribution in [0.3, 0.4) is 0 Å². The molecular formula is C12H19NO3S. The summed E-state index contributed by atoms with van der Waals surface area (Å²) in [4.78, 5) is 0. The van der Waals surface area contributed by atoms with Crippen LogP contribution >= 0.6 is 0 Å². The molecule has 3 atom stereocenters. The molecule has 0 spiro atoms. The highest BCUT2D eigenvalue weighted by atomic mass is 32.2. The lowest BCUT2D eigenvalue weighted by Gasteiger charge is -2.31. The van der Waals surface area contributed by atoms with E-state index in [0.717, 1.165) is 25.0 Å². The van der Waals surface area contributed by atoms with Gasteiger partial charge in [-0.1, -0.05) is 6.42 Å². The molecule has 1 saturated carbocycles. The number of hydrogen-bond acceptors (Lipinski definition) is 4. The first-order valence-corrected chi connectivity index (χ1v) is 7.92. The Morgan fingerprint density at radius 1 is 1.47 bits per heavy atom. The molecule has 1 heterocycles. The van der Waals surface area contributed by atoms with Crippen molar-refractivity contribution in [1.29, 1.82) is 0 Å². The Morgan fingerprint density at radius 3 is 2.82 bits per heavy atom. The van der Waals surface area contributed by atoms with Gasteiger partial charge in [-0.25, -0.2) is 8.42 Å². The van der Waals surface area contributed by atoms with Gasteiger partial charge in [0.15, 0.2) is 0 Å².